The number of benzene rings is 1. The van der Waals surface area contributed by atoms with E-state index < -0.39 is 11.2 Å². The largest absolute Gasteiger partial charge is 0.354 e. The summed E-state index contributed by atoms with van der Waals surface area (Å²) in [6.45, 7) is 1.25. The first-order chi connectivity index (χ1) is 14.9. The van der Waals surface area contributed by atoms with E-state index >= 15 is 0 Å². The van der Waals surface area contributed by atoms with Crippen LogP contribution in [0, 0.1) is 5.92 Å². The van der Waals surface area contributed by atoms with E-state index in [2.05, 4.69) is 15.6 Å². The molecule has 0 atom stereocenters. The van der Waals surface area contributed by atoms with Crippen molar-refractivity contribution in [3.8, 4) is 0 Å². The molecule has 9 nitrogen and oxygen atoms in total. The molecule has 1 aliphatic rings. The zero-order chi connectivity index (χ0) is 22.1. The van der Waals surface area contributed by atoms with E-state index in [-0.39, 0.29) is 11.8 Å². The molecule has 0 saturated heterocycles. The van der Waals surface area contributed by atoms with Crippen LogP contribution in [0.3, 0.4) is 0 Å². The monoisotopic (exact) mass is 444 g/mol. The summed E-state index contributed by atoms with van der Waals surface area (Å²) >= 11 is 5.99. The minimum Gasteiger partial charge on any atom is -0.354 e. The molecule has 1 amide bonds. The third-order valence-corrected chi connectivity index (χ3v) is 6.04. The first kappa shape index (κ1) is 21.2. The lowest BCUT2D eigenvalue weighted by Gasteiger charge is -2.24. The van der Waals surface area contributed by atoms with Gasteiger partial charge in [-0.2, -0.15) is 4.98 Å². The van der Waals surface area contributed by atoms with Crippen LogP contribution in [-0.2, 0) is 25.4 Å². The average Bonchev–Trinajstić information content (AvgIpc) is 3.07. The molecule has 10 heteroatoms. The normalized spacial score (nSPS) is 13.9. The van der Waals surface area contributed by atoms with Crippen LogP contribution in [0.1, 0.15) is 24.8 Å². The van der Waals surface area contributed by atoms with Gasteiger partial charge in [0.2, 0.25) is 11.9 Å². The van der Waals surface area contributed by atoms with Gasteiger partial charge in [-0.1, -0.05) is 30.2 Å². The Labute approximate surface area is 183 Å². The van der Waals surface area contributed by atoms with Crippen molar-refractivity contribution in [2.75, 3.05) is 18.4 Å². The molecule has 164 valence electrons. The lowest BCUT2D eigenvalue weighted by molar-refractivity contribution is -0.127. The first-order valence-electron chi connectivity index (χ1n) is 10.3. The molecule has 0 aliphatic heterocycles. The highest BCUT2D eigenvalue weighted by atomic mass is 35.5. The summed E-state index contributed by atoms with van der Waals surface area (Å²) < 4.78 is 4.19. The molecule has 1 saturated carbocycles. The minimum atomic E-state index is -0.437. The van der Waals surface area contributed by atoms with Gasteiger partial charge in [0.05, 0.1) is 6.54 Å². The van der Waals surface area contributed by atoms with E-state index in [9.17, 15) is 14.4 Å². The summed E-state index contributed by atoms with van der Waals surface area (Å²) in [6, 6.07) is 7.33. The van der Waals surface area contributed by atoms with Gasteiger partial charge in [-0.3, -0.25) is 23.3 Å². The molecule has 0 radical (unpaired) electrons. The number of hydrogen-bond donors (Lipinski definition) is 2. The quantitative estimate of drug-likeness (QED) is 0.537. The highest BCUT2D eigenvalue weighted by Crippen LogP contribution is 2.26. The van der Waals surface area contributed by atoms with Crippen LogP contribution in [0.15, 0.2) is 33.9 Å². The number of hydrogen-bond acceptors (Lipinski definition) is 5. The molecular weight excluding hydrogens is 420 g/mol. The van der Waals surface area contributed by atoms with Crippen LogP contribution >= 0.6 is 11.6 Å². The maximum atomic E-state index is 12.9. The third-order valence-electron chi connectivity index (χ3n) is 5.79. The lowest BCUT2D eigenvalue weighted by Crippen LogP contribution is -2.37. The summed E-state index contributed by atoms with van der Waals surface area (Å²) in [5.41, 5.74) is 0.725. The Morgan fingerprint density at radius 3 is 2.48 bits per heavy atom. The van der Waals surface area contributed by atoms with Gasteiger partial charge in [-0.05, 0) is 30.5 Å². The molecule has 1 aromatic carbocycles. The predicted octanol–water partition coefficient (Wildman–Crippen LogP) is 1.46. The predicted molar refractivity (Wildman–Crippen MR) is 120 cm³/mol. The molecule has 4 rings (SSSR count). The number of halogens is 1. The molecule has 0 unspecified atom stereocenters. The Kier molecular flexibility index (Phi) is 5.86. The Morgan fingerprint density at radius 2 is 1.84 bits per heavy atom. The number of anilines is 1. The number of aromatic nitrogens is 4. The molecule has 3 aromatic rings. The highest BCUT2D eigenvalue weighted by molar-refractivity contribution is 6.30. The van der Waals surface area contributed by atoms with Crippen LogP contribution in [0.5, 0.6) is 0 Å². The first-order valence-corrected chi connectivity index (χ1v) is 10.7. The molecule has 2 heterocycles. The van der Waals surface area contributed by atoms with Crippen LogP contribution in [0.4, 0.5) is 5.95 Å². The smallest absolute Gasteiger partial charge is 0.332 e. The zero-order valence-electron chi connectivity index (χ0n) is 17.5. The van der Waals surface area contributed by atoms with Crippen LogP contribution < -0.4 is 21.9 Å². The average molecular weight is 445 g/mol. The third kappa shape index (κ3) is 4.10. The number of nitrogens with zero attached hydrogens (tertiary/aromatic N) is 4. The summed E-state index contributed by atoms with van der Waals surface area (Å²) in [4.78, 5) is 41.8. The second-order valence-corrected chi connectivity index (χ2v) is 8.31. The van der Waals surface area contributed by atoms with Crippen molar-refractivity contribution in [3.63, 3.8) is 0 Å². The molecule has 31 heavy (non-hydrogen) atoms. The van der Waals surface area contributed by atoms with Gasteiger partial charge < -0.3 is 10.6 Å². The van der Waals surface area contributed by atoms with E-state index in [0.29, 0.717) is 41.8 Å². The zero-order valence-corrected chi connectivity index (χ0v) is 18.3. The molecule has 0 spiro atoms. The van der Waals surface area contributed by atoms with Gasteiger partial charge in [-0.15, -0.1) is 0 Å². The summed E-state index contributed by atoms with van der Waals surface area (Å²) in [5, 5.41) is 6.76. The maximum absolute atomic E-state index is 12.9. The Balaban J connectivity index is 1.64. The van der Waals surface area contributed by atoms with Crippen molar-refractivity contribution in [1.29, 1.82) is 0 Å². The fourth-order valence-corrected chi connectivity index (χ4v) is 3.81. The van der Waals surface area contributed by atoms with E-state index in [1.807, 2.05) is 12.1 Å². The summed E-state index contributed by atoms with van der Waals surface area (Å²) in [5.74, 6) is 0.673. The van der Waals surface area contributed by atoms with Gasteiger partial charge in [0.15, 0.2) is 11.2 Å². The highest BCUT2D eigenvalue weighted by Gasteiger charge is 2.24. The van der Waals surface area contributed by atoms with Gasteiger partial charge in [0.25, 0.3) is 5.56 Å². The molecule has 1 fully saturated rings. The fourth-order valence-electron chi connectivity index (χ4n) is 3.68. The lowest BCUT2D eigenvalue weighted by atomic mass is 9.85. The number of aryl methyl sites for hydroxylation is 1. The van der Waals surface area contributed by atoms with E-state index in [1.54, 1.807) is 23.7 Å². The van der Waals surface area contributed by atoms with Crippen LogP contribution in [0.2, 0.25) is 5.02 Å². The molecule has 2 aromatic heterocycles. The van der Waals surface area contributed by atoms with E-state index in [4.69, 9.17) is 11.6 Å². The number of amides is 1. The van der Waals surface area contributed by atoms with Crippen LogP contribution in [0.25, 0.3) is 11.2 Å². The van der Waals surface area contributed by atoms with Crippen LogP contribution in [-0.4, -0.2) is 37.7 Å². The number of rotatable bonds is 7. The van der Waals surface area contributed by atoms with Crippen molar-refractivity contribution in [1.82, 2.24) is 24.0 Å². The van der Waals surface area contributed by atoms with Crippen molar-refractivity contribution < 1.29 is 4.79 Å². The summed E-state index contributed by atoms with van der Waals surface area (Å²) in [7, 11) is 3.04. The maximum Gasteiger partial charge on any atom is 0.332 e. The second-order valence-electron chi connectivity index (χ2n) is 7.87. The van der Waals surface area contributed by atoms with Crippen molar-refractivity contribution in [2.45, 2.75) is 25.8 Å². The molecule has 2 N–H and O–H groups in total. The Morgan fingerprint density at radius 1 is 1.13 bits per heavy atom. The van der Waals surface area contributed by atoms with E-state index in [0.717, 1.165) is 29.4 Å². The fraction of sp³-hybridized carbons (Fsp3) is 0.429. The van der Waals surface area contributed by atoms with Crippen molar-refractivity contribution in [2.24, 2.45) is 20.0 Å². The molecule has 1 aliphatic carbocycles. The second kappa shape index (κ2) is 8.58. The number of imidazole rings is 1. The molecule has 0 bridgehead atoms. The number of carbonyl (C=O) groups excluding carboxylic acids is 1. The van der Waals surface area contributed by atoms with Crippen molar-refractivity contribution in [3.05, 3.63) is 55.7 Å². The SMILES string of the molecule is Cn1c(=O)c2c(nc(NCCNC(=O)C3CCC3)n2Cc2ccc(Cl)cc2)n(C)c1=O. The van der Waals surface area contributed by atoms with Gasteiger partial charge >= 0.3 is 5.69 Å². The standard InChI is InChI=1S/C21H25ClN6O3/c1-26-17-16(19(30)27(2)21(26)31)28(12-13-6-8-15(22)9-7-13)20(25-17)24-11-10-23-18(29)14-4-3-5-14/h6-9,14H,3-5,10-12H2,1-2H3,(H,23,29)(H,24,25). The summed E-state index contributed by atoms with van der Waals surface area (Å²) in [6.07, 6.45) is 3.01. The minimum absolute atomic E-state index is 0.0824. The Hall–Kier alpha value is -3.07. The number of nitrogens with one attached hydrogen (secondary N) is 2. The topological polar surface area (TPSA) is 103 Å². The van der Waals surface area contributed by atoms with E-state index in [1.165, 1.54) is 11.6 Å². The number of carbonyl (C=O) groups is 1. The van der Waals surface area contributed by atoms with Crippen molar-refractivity contribution >= 4 is 34.6 Å². The number of fused-ring (bicyclic) bond motifs is 1. The molecular formula is C21H25ClN6O3. The van der Waals surface area contributed by atoms with Gasteiger partial charge in [0, 0.05) is 38.1 Å². The van der Waals surface area contributed by atoms with Gasteiger partial charge in [0.1, 0.15) is 0 Å². The Bertz CT molecular complexity index is 1240. The van der Waals surface area contributed by atoms with Gasteiger partial charge in [-0.25, -0.2) is 4.79 Å².